The molecule has 5 aromatic rings. The van der Waals surface area contributed by atoms with Crippen molar-refractivity contribution in [3.63, 3.8) is 0 Å². The minimum atomic E-state index is -4.37. The molecule has 10 heteroatoms. The summed E-state index contributed by atoms with van der Waals surface area (Å²) < 4.78 is 38.4. The Morgan fingerprint density at radius 3 is 2.44 bits per heavy atom. The zero-order chi connectivity index (χ0) is 22.3. The van der Waals surface area contributed by atoms with Gasteiger partial charge in [-0.1, -0.05) is 12.1 Å². The van der Waals surface area contributed by atoms with Gasteiger partial charge in [0.25, 0.3) is 0 Å². The molecule has 2 aromatic carbocycles. The van der Waals surface area contributed by atoms with E-state index in [1.165, 1.54) is 29.8 Å². The molecule has 0 amide bonds. The summed E-state index contributed by atoms with van der Waals surface area (Å²) in [6, 6.07) is 8.77. The Hall–Kier alpha value is -3.79. The van der Waals surface area contributed by atoms with E-state index < -0.39 is 11.7 Å². The Bertz CT molecular complexity index is 1390. The van der Waals surface area contributed by atoms with Crippen LogP contribution >= 0.6 is 11.3 Å². The minimum absolute atomic E-state index is 0.505. The number of rotatable bonds is 4. The first kappa shape index (κ1) is 20.1. The van der Waals surface area contributed by atoms with Gasteiger partial charge in [0.15, 0.2) is 5.13 Å². The lowest BCUT2D eigenvalue weighted by Crippen LogP contribution is -2.04. The first-order chi connectivity index (χ1) is 15.4. The van der Waals surface area contributed by atoms with Crippen LogP contribution in [0.25, 0.3) is 33.7 Å². The number of anilines is 2. The number of nitrogens with zero attached hydrogens (tertiary/aromatic N) is 4. The molecule has 0 atom stereocenters. The summed E-state index contributed by atoms with van der Waals surface area (Å²) in [5.74, 6) is 0.505. The summed E-state index contributed by atoms with van der Waals surface area (Å²) in [5.41, 5.74) is 4.80. The maximum absolute atomic E-state index is 12.8. The van der Waals surface area contributed by atoms with E-state index in [4.69, 9.17) is 0 Å². The van der Waals surface area contributed by atoms with Crippen LogP contribution in [-0.4, -0.2) is 24.9 Å². The van der Waals surface area contributed by atoms with E-state index >= 15 is 0 Å². The fraction of sp³-hybridized carbons (Fsp3) is 0.0909. The summed E-state index contributed by atoms with van der Waals surface area (Å²) in [6.07, 6.45) is 0.509. The first-order valence-corrected chi connectivity index (χ1v) is 10.4. The van der Waals surface area contributed by atoms with Crippen LogP contribution < -0.4 is 5.32 Å². The monoisotopic (exact) mass is 452 g/mol. The number of thiazole rings is 1. The Balaban J connectivity index is 1.42. The van der Waals surface area contributed by atoms with Crippen molar-refractivity contribution in [1.29, 1.82) is 0 Å². The molecule has 5 rings (SSSR count). The van der Waals surface area contributed by atoms with Crippen molar-refractivity contribution in [2.24, 2.45) is 0 Å². The molecule has 2 N–H and O–H groups in total. The molecular weight excluding hydrogens is 437 g/mol. The van der Waals surface area contributed by atoms with Crippen LogP contribution in [0.2, 0.25) is 0 Å². The lowest BCUT2D eigenvalue weighted by Gasteiger charge is -2.06. The van der Waals surface area contributed by atoms with Crippen LogP contribution in [0.5, 0.6) is 0 Å². The van der Waals surface area contributed by atoms with Gasteiger partial charge < -0.3 is 10.3 Å². The quantitative estimate of drug-likeness (QED) is 0.339. The summed E-state index contributed by atoms with van der Waals surface area (Å²) >= 11 is 1.46. The fourth-order valence-corrected chi connectivity index (χ4v) is 4.00. The molecule has 32 heavy (non-hydrogen) atoms. The van der Waals surface area contributed by atoms with E-state index in [2.05, 4.69) is 30.2 Å². The molecule has 0 bridgehead atoms. The Labute approximate surface area is 184 Å². The van der Waals surface area contributed by atoms with Crippen molar-refractivity contribution < 1.29 is 13.2 Å². The molecule has 3 heterocycles. The number of hydrogen-bond donors (Lipinski definition) is 2. The zero-order valence-corrected chi connectivity index (χ0v) is 17.4. The topological polar surface area (TPSA) is 79.4 Å². The molecule has 0 aliphatic rings. The molecule has 160 valence electrons. The van der Waals surface area contributed by atoms with E-state index in [9.17, 15) is 13.2 Å². The highest BCUT2D eigenvalue weighted by Crippen LogP contribution is 2.33. The van der Waals surface area contributed by atoms with Gasteiger partial charge in [-0.2, -0.15) is 13.2 Å². The normalized spacial score (nSPS) is 11.8. The lowest BCUT2D eigenvalue weighted by atomic mass is 10.1. The van der Waals surface area contributed by atoms with Gasteiger partial charge in [0.1, 0.15) is 12.2 Å². The molecule has 0 saturated heterocycles. The molecule has 3 aromatic heterocycles. The van der Waals surface area contributed by atoms with Gasteiger partial charge in [-0.05, 0) is 36.8 Å². The molecular formula is C22H15F3N6S. The number of halogens is 3. The first-order valence-electron chi connectivity index (χ1n) is 9.53. The summed E-state index contributed by atoms with van der Waals surface area (Å²) in [5, 5.41) is 5.95. The van der Waals surface area contributed by atoms with E-state index in [-0.39, 0.29) is 0 Å². The van der Waals surface area contributed by atoms with Crippen LogP contribution in [0, 0.1) is 6.92 Å². The van der Waals surface area contributed by atoms with Gasteiger partial charge >= 0.3 is 6.18 Å². The van der Waals surface area contributed by atoms with Crippen LogP contribution in [0.3, 0.4) is 0 Å². The van der Waals surface area contributed by atoms with E-state index in [0.29, 0.717) is 22.0 Å². The molecule has 0 aliphatic heterocycles. The smallest absolute Gasteiger partial charge is 0.338 e. The molecule has 0 radical (unpaired) electrons. The van der Waals surface area contributed by atoms with Crippen molar-refractivity contribution in [3.8, 4) is 22.6 Å². The number of benzene rings is 2. The average molecular weight is 452 g/mol. The second-order valence-electron chi connectivity index (χ2n) is 7.13. The standard InChI is InChI=1S/C22H15F3N6S/c1-12-6-17-18(29-20(28-17)13-2-4-15(5-3-13)22(23,24)25)7-16(12)30-21-31-19(10-32-21)14-8-26-11-27-9-14/h2-11H,1H3,(H,28,29)(H,30,31). The zero-order valence-electron chi connectivity index (χ0n) is 16.6. The highest BCUT2D eigenvalue weighted by atomic mass is 32.1. The molecule has 0 aliphatic carbocycles. The molecule has 0 unspecified atom stereocenters. The van der Waals surface area contributed by atoms with Gasteiger partial charge in [-0.3, -0.25) is 0 Å². The van der Waals surface area contributed by atoms with Gasteiger partial charge in [0.05, 0.1) is 22.3 Å². The van der Waals surface area contributed by atoms with Gasteiger partial charge in [-0.15, -0.1) is 11.3 Å². The Morgan fingerprint density at radius 1 is 0.969 bits per heavy atom. The minimum Gasteiger partial charge on any atom is -0.338 e. The maximum atomic E-state index is 12.8. The second kappa shape index (κ2) is 7.72. The molecule has 0 saturated carbocycles. The Morgan fingerprint density at radius 2 is 1.72 bits per heavy atom. The van der Waals surface area contributed by atoms with Gasteiger partial charge in [0, 0.05) is 34.6 Å². The number of aryl methyl sites for hydroxylation is 1. The van der Waals surface area contributed by atoms with Crippen LogP contribution in [0.15, 0.2) is 60.5 Å². The largest absolute Gasteiger partial charge is 0.416 e. The number of aromatic amines is 1. The van der Waals surface area contributed by atoms with Gasteiger partial charge in [-0.25, -0.2) is 19.9 Å². The highest BCUT2D eigenvalue weighted by Gasteiger charge is 2.30. The molecule has 0 fully saturated rings. The predicted octanol–water partition coefficient (Wildman–Crippen LogP) is 6.21. The van der Waals surface area contributed by atoms with Crippen molar-refractivity contribution in [2.45, 2.75) is 13.1 Å². The van der Waals surface area contributed by atoms with Crippen LogP contribution in [-0.2, 0) is 6.18 Å². The average Bonchev–Trinajstić information content (AvgIpc) is 3.41. The highest BCUT2D eigenvalue weighted by molar-refractivity contribution is 7.14. The summed E-state index contributed by atoms with van der Waals surface area (Å²) in [4.78, 5) is 20.4. The third-order valence-electron chi connectivity index (χ3n) is 4.92. The predicted molar refractivity (Wildman–Crippen MR) is 118 cm³/mol. The number of aromatic nitrogens is 5. The summed E-state index contributed by atoms with van der Waals surface area (Å²) in [6.45, 7) is 1.96. The summed E-state index contributed by atoms with van der Waals surface area (Å²) in [7, 11) is 0. The number of imidazole rings is 1. The number of nitrogens with one attached hydrogen (secondary N) is 2. The van der Waals surface area contributed by atoms with E-state index in [1.54, 1.807) is 12.4 Å². The third kappa shape index (κ3) is 3.92. The number of fused-ring (bicyclic) bond motifs is 1. The number of H-pyrrole nitrogens is 1. The van der Waals surface area contributed by atoms with E-state index in [1.807, 2.05) is 24.4 Å². The number of hydrogen-bond acceptors (Lipinski definition) is 6. The Kier molecular flexibility index (Phi) is 4.86. The lowest BCUT2D eigenvalue weighted by molar-refractivity contribution is -0.137. The van der Waals surface area contributed by atoms with Crippen molar-refractivity contribution >= 4 is 33.2 Å². The van der Waals surface area contributed by atoms with E-state index in [0.717, 1.165) is 40.2 Å². The second-order valence-corrected chi connectivity index (χ2v) is 7.99. The third-order valence-corrected chi connectivity index (χ3v) is 5.67. The number of alkyl halides is 3. The molecule has 0 spiro atoms. The van der Waals surface area contributed by atoms with Crippen molar-refractivity contribution in [2.75, 3.05) is 5.32 Å². The van der Waals surface area contributed by atoms with Crippen LogP contribution in [0.4, 0.5) is 24.0 Å². The maximum Gasteiger partial charge on any atom is 0.416 e. The van der Waals surface area contributed by atoms with Crippen molar-refractivity contribution in [3.05, 3.63) is 71.6 Å². The SMILES string of the molecule is Cc1cc2[nH]c(-c3ccc(C(F)(F)F)cc3)nc2cc1Nc1nc(-c2cncnc2)cs1. The fourth-order valence-electron chi connectivity index (χ4n) is 3.26. The molecule has 6 nitrogen and oxygen atoms in total. The van der Waals surface area contributed by atoms with Crippen LogP contribution in [0.1, 0.15) is 11.1 Å². The van der Waals surface area contributed by atoms with Crippen molar-refractivity contribution in [1.82, 2.24) is 24.9 Å². The van der Waals surface area contributed by atoms with Gasteiger partial charge in [0.2, 0.25) is 0 Å².